The van der Waals surface area contributed by atoms with Crippen LogP contribution in [0.4, 0.5) is 4.79 Å². The van der Waals surface area contributed by atoms with Gasteiger partial charge >= 0.3 is 12.1 Å². The summed E-state index contributed by atoms with van der Waals surface area (Å²) in [5, 5.41) is 16.3. The molecular formula is C12H13N3O4. The van der Waals surface area contributed by atoms with Gasteiger partial charge in [0.25, 0.3) is 0 Å². The smallest absolute Gasteiger partial charge is 0.410 e. The third kappa shape index (κ3) is 2.87. The van der Waals surface area contributed by atoms with Gasteiger partial charge in [0.15, 0.2) is 5.69 Å². The molecule has 0 saturated heterocycles. The first-order valence-electron chi connectivity index (χ1n) is 5.73. The largest absolute Gasteiger partial charge is 0.476 e. The van der Waals surface area contributed by atoms with Crippen LogP contribution < -0.4 is 0 Å². The van der Waals surface area contributed by atoms with Crippen molar-refractivity contribution >= 4 is 12.1 Å². The third-order valence-electron chi connectivity index (χ3n) is 2.74. The minimum Gasteiger partial charge on any atom is -0.476 e. The zero-order valence-corrected chi connectivity index (χ0v) is 10.2. The fourth-order valence-corrected chi connectivity index (χ4v) is 1.81. The minimum absolute atomic E-state index is 0.125. The van der Waals surface area contributed by atoms with E-state index in [1.165, 1.54) is 17.0 Å². The molecule has 1 aliphatic heterocycles. The Bertz CT molecular complexity index is 530. The number of nitrogens with zero attached hydrogens (tertiary/aromatic N) is 3. The van der Waals surface area contributed by atoms with Crippen LogP contribution >= 0.6 is 0 Å². The lowest BCUT2D eigenvalue weighted by Crippen LogP contribution is -2.37. The average Bonchev–Trinajstić information content (AvgIpc) is 2.43. The Morgan fingerprint density at radius 2 is 2.32 bits per heavy atom. The second kappa shape index (κ2) is 5.47. The summed E-state index contributed by atoms with van der Waals surface area (Å²) in [6, 6.07) is 1.44. The molecule has 0 fully saturated rings. The van der Waals surface area contributed by atoms with Crippen LogP contribution in [-0.4, -0.2) is 45.4 Å². The number of ether oxygens (including phenoxy) is 1. The van der Waals surface area contributed by atoms with Gasteiger partial charge in [-0.15, -0.1) is 5.10 Å². The van der Waals surface area contributed by atoms with Crippen LogP contribution in [0.2, 0.25) is 0 Å². The molecule has 1 aromatic rings. The SMILES string of the molecule is C=CCOC(=O)N1CCc2nnc(C(=O)O)cc2C1. The summed E-state index contributed by atoms with van der Waals surface area (Å²) < 4.78 is 4.94. The van der Waals surface area contributed by atoms with Gasteiger partial charge in [0, 0.05) is 13.0 Å². The van der Waals surface area contributed by atoms with E-state index in [1.54, 1.807) is 0 Å². The van der Waals surface area contributed by atoms with E-state index in [1.807, 2.05) is 0 Å². The standard InChI is InChI=1S/C12H13N3O4/c1-2-5-19-12(18)15-4-3-9-8(7-15)6-10(11(16)17)14-13-9/h2,6H,1,3-5,7H2,(H,16,17). The first-order chi connectivity index (χ1) is 9.11. The van der Waals surface area contributed by atoms with Crippen molar-refractivity contribution in [3.63, 3.8) is 0 Å². The van der Waals surface area contributed by atoms with E-state index < -0.39 is 12.1 Å². The third-order valence-corrected chi connectivity index (χ3v) is 2.74. The van der Waals surface area contributed by atoms with E-state index in [-0.39, 0.29) is 18.8 Å². The number of amides is 1. The van der Waals surface area contributed by atoms with Gasteiger partial charge in [-0.2, -0.15) is 5.10 Å². The van der Waals surface area contributed by atoms with Gasteiger partial charge in [0.1, 0.15) is 6.61 Å². The van der Waals surface area contributed by atoms with E-state index >= 15 is 0 Å². The zero-order valence-electron chi connectivity index (χ0n) is 10.2. The highest BCUT2D eigenvalue weighted by atomic mass is 16.6. The average molecular weight is 263 g/mol. The van der Waals surface area contributed by atoms with Crippen LogP contribution in [0.3, 0.4) is 0 Å². The molecule has 1 aromatic heterocycles. The summed E-state index contributed by atoms with van der Waals surface area (Å²) in [5.41, 5.74) is 1.28. The van der Waals surface area contributed by atoms with Gasteiger partial charge in [-0.3, -0.25) is 0 Å². The van der Waals surface area contributed by atoms with Crippen LogP contribution in [0, 0.1) is 0 Å². The molecule has 0 aliphatic carbocycles. The van der Waals surface area contributed by atoms with Crippen molar-refractivity contribution in [1.29, 1.82) is 0 Å². The number of carbonyl (C=O) groups is 2. The Morgan fingerprint density at radius 3 is 3.00 bits per heavy atom. The number of rotatable bonds is 3. The molecule has 19 heavy (non-hydrogen) atoms. The summed E-state index contributed by atoms with van der Waals surface area (Å²) in [6.45, 7) is 4.37. The van der Waals surface area contributed by atoms with Gasteiger partial charge in [-0.1, -0.05) is 12.7 Å². The van der Waals surface area contributed by atoms with Crippen molar-refractivity contribution in [2.24, 2.45) is 0 Å². The van der Waals surface area contributed by atoms with Gasteiger partial charge < -0.3 is 14.7 Å². The van der Waals surface area contributed by atoms with Gasteiger partial charge in [-0.25, -0.2) is 9.59 Å². The number of hydrogen-bond acceptors (Lipinski definition) is 5. The molecule has 0 bridgehead atoms. The fraction of sp³-hybridized carbons (Fsp3) is 0.333. The number of aromatic nitrogens is 2. The molecule has 7 nitrogen and oxygen atoms in total. The molecule has 1 aliphatic rings. The molecule has 0 atom stereocenters. The predicted molar refractivity (Wildman–Crippen MR) is 64.7 cm³/mol. The Balaban J connectivity index is 2.13. The molecule has 1 amide bonds. The first kappa shape index (κ1) is 13.0. The molecular weight excluding hydrogens is 250 g/mol. The van der Waals surface area contributed by atoms with Crippen molar-refractivity contribution in [3.8, 4) is 0 Å². The van der Waals surface area contributed by atoms with E-state index in [0.29, 0.717) is 18.5 Å². The van der Waals surface area contributed by atoms with Crippen molar-refractivity contribution < 1.29 is 19.4 Å². The lowest BCUT2D eigenvalue weighted by Gasteiger charge is -2.27. The summed E-state index contributed by atoms with van der Waals surface area (Å²) in [7, 11) is 0. The molecule has 0 unspecified atom stereocenters. The molecule has 0 radical (unpaired) electrons. The molecule has 100 valence electrons. The molecule has 0 spiro atoms. The predicted octanol–water partition coefficient (Wildman–Crippen LogP) is 0.855. The zero-order chi connectivity index (χ0) is 13.8. The number of carbonyl (C=O) groups excluding carboxylic acids is 1. The van der Waals surface area contributed by atoms with Crippen LogP contribution in [0.5, 0.6) is 0 Å². The quantitative estimate of drug-likeness (QED) is 0.813. The molecule has 0 aromatic carbocycles. The summed E-state index contributed by atoms with van der Waals surface area (Å²) in [4.78, 5) is 24.0. The number of fused-ring (bicyclic) bond motifs is 1. The normalized spacial score (nSPS) is 13.6. The monoisotopic (exact) mass is 263 g/mol. The number of aromatic carboxylic acids is 1. The van der Waals surface area contributed by atoms with Crippen LogP contribution in [0.25, 0.3) is 0 Å². The molecule has 2 rings (SSSR count). The van der Waals surface area contributed by atoms with Crippen LogP contribution in [0.1, 0.15) is 21.7 Å². The summed E-state index contributed by atoms with van der Waals surface area (Å²) >= 11 is 0. The Morgan fingerprint density at radius 1 is 1.53 bits per heavy atom. The molecule has 0 saturated carbocycles. The Kier molecular flexibility index (Phi) is 3.74. The number of carboxylic acid groups (broad SMARTS) is 1. The topological polar surface area (TPSA) is 92.6 Å². The van der Waals surface area contributed by atoms with E-state index in [9.17, 15) is 9.59 Å². The molecule has 2 heterocycles. The summed E-state index contributed by atoms with van der Waals surface area (Å²) in [6.07, 6.45) is 1.58. The Hall–Kier alpha value is -2.44. The van der Waals surface area contributed by atoms with Crippen molar-refractivity contribution in [1.82, 2.24) is 15.1 Å². The molecule has 7 heteroatoms. The van der Waals surface area contributed by atoms with Crippen LogP contribution in [0.15, 0.2) is 18.7 Å². The maximum absolute atomic E-state index is 11.7. The Labute approximate surface area is 109 Å². The maximum atomic E-state index is 11.7. The van der Waals surface area contributed by atoms with E-state index in [0.717, 1.165) is 5.69 Å². The highest BCUT2D eigenvalue weighted by Gasteiger charge is 2.24. The van der Waals surface area contributed by atoms with E-state index in [4.69, 9.17) is 9.84 Å². The number of hydrogen-bond donors (Lipinski definition) is 1. The molecule has 1 N–H and O–H groups in total. The second-order valence-electron chi connectivity index (χ2n) is 4.04. The summed E-state index contributed by atoms with van der Waals surface area (Å²) in [5.74, 6) is -1.14. The second-order valence-corrected chi connectivity index (χ2v) is 4.04. The van der Waals surface area contributed by atoms with Crippen LogP contribution in [-0.2, 0) is 17.7 Å². The first-order valence-corrected chi connectivity index (χ1v) is 5.73. The fourth-order valence-electron chi connectivity index (χ4n) is 1.81. The van der Waals surface area contributed by atoms with Gasteiger partial charge in [-0.05, 0) is 11.6 Å². The lowest BCUT2D eigenvalue weighted by atomic mass is 10.1. The highest BCUT2D eigenvalue weighted by molar-refractivity contribution is 5.85. The van der Waals surface area contributed by atoms with Crippen molar-refractivity contribution in [3.05, 3.63) is 35.7 Å². The van der Waals surface area contributed by atoms with Gasteiger partial charge in [0.05, 0.1) is 12.2 Å². The minimum atomic E-state index is -1.14. The number of carboxylic acids is 1. The highest BCUT2D eigenvalue weighted by Crippen LogP contribution is 2.17. The van der Waals surface area contributed by atoms with Gasteiger partial charge in [0.2, 0.25) is 0 Å². The maximum Gasteiger partial charge on any atom is 0.410 e. The van der Waals surface area contributed by atoms with E-state index in [2.05, 4.69) is 16.8 Å². The van der Waals surface area contributed by atoms with Crippen molar-refractivity contribution in [2.45, 2.75) is 13.0 Å². The lowest BCUT2D eigenvalue weighted by molar-refractivity contribution is 0.0688. The van der Waals surface area contributed by atoms with Crippen molar-refractivity contribution in [2.75, 3.05) is 13.2 Å².